The molecule has 0 fully saturated rings. The van der Waals surface area contributed by atoms with Gasteiger partial charge in [-0.3, -0.25) is 14.9 Å². The zero-order valence-electron chi connectivity index (χ0n) is 12.8. The second-order valence-electron chi connectivity index (χ2n) is 4.93. The topological polar surface area (TPSA) is 125 Å². The zero-order valence-corrected chi connectivity index (χ0v) is 12.8. The molecule has 8 nitrogen and oxygen atoms in total. The monoisotopic (exact) mass is 329 g/mol. The van der Waals surface area contributed by atoms with Crippen LogP contribution >= 0.6 is 0 Å². The SMILES string of the molecule is C[C@@H](OC(=O)c1ccc(N)c([N+](=O)[O-])c1)C(=O)Nc1ccccc1. The van der Waals surface area contributed by atoms with Gasteiger partial charge < -0.3 is 15.8 Å². The highest BCUT2D eigenvalue weighted by Gasteiger charge is 2.21. The van der Waals surface area contributed by atoms with Crippen LogP contribution in [0.15, 0.2) is 48.5 Å². The molecule has 0 spiro atoms. The number of benzene rings is 2. The van der Waals surface area contributed by atoms with Crippen molar-refractivity contribution in [2.24, 2.45) is 0 Å². The van der Waals surface area contributed by atoms with Gasteiger partial charge in [-0.25, -0.2) is 4.79 Å². The largest absolute Gasteiger partial charge is 0.449 e. The molecule has 0 bridgehead atoms. The highest BCUT2D eigenvalue weighted by atomic mass is 16.6. The smallest absolute Gasteiger partial charge is 0.339 e. The Morgan fingerprint density at radius 1 is 1.21 bits per heavy atom. The summed E-state index contributed by atoms with van der Waals surface area (Å²) < 4.78 is 5.03. The number of nitrogen functional groups attached to an aromatic ring is 1. The number of nitrogens with two attached hydrogens (primary N) is 1. The van der Waals surface area contributed by atoms with Gasteiger partial charge in [-0.1, -0.05) is 18.2 Å². The number of carbonyl (C=O) groups is 2. The van der Waals surface area contributed by atoms with Crippen LogP contribution in [0.4, 0.5) is 17.1 Å². The number of nitro groups is 1. The average molecular weight is 329 g/mol. The molecule has 0 aliphatic rings. The number of rotatable bonds is 5. The maximum atomic E-state index is 12.0. The van der Waals surface area contributed by atoms with Crippen molar-refractivity contribution in [3.8, 4) is 0 Å². The Morgan fingerprint density at radius 3 is 2.50 bits per heavy atom. The molecule has 0 aliphatic carbocycles. The number of nitrogens with one attached hydrogen (secondary N) is 1. The van der Waals surface area contributed by atoms with Gasteiger partial charge >= 0.3 is 5.97 Å². The number of esters is 1. The van der Waals surface area contributed by atoms with E-state index in [9.17, 15) is 19.7 Å². The molecule has 2 rings (SSSR count). The molecule has 3 N–H and O–H groups in total. The van der Waals surface area contributed by atoms with Crippen LogP contribution in [0.25, 0.3) is 0 Å². The van der Waals surface area contributed by atoms with E-state index in [2.05, 4.69) is 5.32 Å². The van der Waals surface area contributed by atoms with Gasteiger partial charge in [-0.15, -0.1) is 0 Å². The van der Waals surface area contributed by atoms with Gasteiger partial charge in [0.15, 0.2) is 6.10 Å². The Labute approximate surface area is 137 Å². The van der Waals surface area contributed by atoms with Crippen molar-refractivity contribution >= 4 is 28.9 Å². The second kappa shape index (κ2) is 7.23. The number of nitro benzene ring substituents is 1. The van der Waals surface area contributed by atoms with E-state index in [1.54, 1.807) is 30.3 Å². The Kier molecular flexibility index (Phi) is 5.10. The molecule has 0 aliphatic heterocycles. The summed E-state index contributed by atoms with van der Waals surface area (Å²) in [6.07, 6.45) is -1.07. The van der Waals surface area contributed by atoms with E-state index >= 15 is 0 Å². The van der Waals surface area contributed by atoms with E-state index in [4.69, 9.17) is 10.5 Å². The molecular formula is C16H15N3O5. The minimum atomic E-state index is -1.07. The zero-order chi connectivity index (χ0) is 17.7. The van der Waals surface area contributed by atoms with Crippen LogP contribution in [0.1, 0.15) is 17.3 Å². The normalized spacial score (nSPS) is 11.4. The summed E-state index contributed by atoms with van der Waals surface area (Å²) in [4.78, 5) is 34.2. The first-order chi connectivity index (χ1) is 11.4. The molecule has 1 amide bonds. The van der Waals surface area contributed by atoms with Crippen LogP contribution in [0.3, 0.4) is 0 Å². The van der Waals surface area contributed by atoms with E-state index in [1.807, 2.05) is 0 Å². The van der Waals surface area contributed by atoms with Gasteiger partial charge in [0.1, 0.15) is 5.69 Å². The third-order valence-corrected chi connectivity index (χ3v) is 3.16. The van der Waals surface area contributed by atoms with Crippen molar-refractivity contribution in [2.75, 3.05) is 11.1 Å². The number of nitrogens with zero attached hydrogens (tertiary/aromatic N) is 1. The van der Waals surface area contributed by atoms with Gasteiger partial charge in [0, 0.05) is 11.8 Å². The van der Waals surface area contributed by atoms with Crippen molar-refractivity contribution in [1.29, 1.82) is 0 Å². The molecule has 8 heteroatoms. The predicted octanol–water partition coefficient (Wildman–Crippen LogP) is 2.36. The molecular weight excluding hydrogens is 314 g/mol. The van der Waals surface area contributed by atoms with Gasteiger partial charge in [0.25, 0.3) is 11.6 Å². The number of hydrogen-bond donors (Lipinski definition) is 2. The molecule has 0 saturated carbocycles. The summed E-state index contributed by atoms with van der Waals surface area (Å²) >= 11 is 0. The predicted molar refractivity (Wildman–Crippen MR) is 87.5 cm³/mol. The number of amides is 1. The van der Waals surface area contributed by atoms with Crippen LogP contribution in [-0.4, -0.2) is 22.9 Å². The quantitative estimate of drug-likeness (QED) is 0.375. The minimum absolute atomic E-state index is 0.0599. The highest BCUT2D eigenvalue weighted by Crippen LogP contribution is 2.23. The summed E-state index contributed by atoms with van der Waals surface area (Å²) in [5, 5.41) is 13.4. The van der Waals surface area contributed by atoms with E-state index < -0.39 is 28.6 Å². The fourth-order valence-electron chi connectivity index (χ4n) is 1.88. The number of para-hydroxylation sites is 1. The average Bonchev–Trinajstić information content (AvgIpc) is 2.55. The number of anilines is 2. The molecule has 24 heavy (non-hydrogen) atoms. The molecule has 2 aromatic carbocycles. The fourth-order valence-corrected chi connectivity index (χ4v) is 1.88. The maximum absolute atomic E-state index is 12.0. The fraction of sp³-hybridized carbons (Fsp3) is 0.125. The highest BCUT2D eigenvalue weighted by molar-refractivity contribution is 5.97. The van der Waals surface area contributed by atoms with Crippen molar-refractivity contribution in [1.82, 2.24) is 0 Å². The van der Waals surface area contributed by atoms with Crippen LogP contribution in [-0.2, 0) is 9.53 Å². The lowest BCUT2D eigenvalue weighted by Crippen LogP contribution is -2.30. The first-order valence-electron chi connectivity index (χ1n) is 6.99. The van der Waals surface area contributed by atoms with E-state index in [1.165, 1.54) is 19.1 Å². The lowest BCUT2D eigenvalue weighted by molar-refractivity contribution is -0.383. The number of carbonyl (C=O) groups excluding carboxylic acids is 2. The Hall–Kier alpha value is -3.42. The lowest BCUT2D eigenvalue weighted by atomic mass is 10.2. The summed E-state index contributed by atoms with van der Waals surface area (Å²) in [6, 6.07) is 12.2. The summed E-state index contributed by atoms with van der Waals surface area (Å²) in [6.45, 7) is 1.40. The lowest BCUT2D eigenvalue weighted by Gasteiger charge is -2.13. The first kappa shape index (κ1) is 16.9. The Balaban J connectivity index is 2.04. The van der Waals surface area contributed by atoms with Crippen molar-refractivity contribution in [2.45, 2.75) is 13.0 Å². The van der Waals surface area contributed by atoms with Gasteiger partial charge in [0.2, 0.25) is 0 Å². The molecule has 1 atom stereocenters. The maximum Gasteiger partial charge on any atom is 0.339 e. The summed E-state index contributed by atoms with van der Waals surface area (Å²) in [5.41, 5.74) is 5.51. The molecule has 0 heterocycles. The van der Waals surface area contributed by atoms with Crippen LogP contribution < -0.4 is 11.1 Å². The van der Waals surface area contributed by atoms with Crippen molar-refractivity contribution in [3.63, 3.8) is 0 Å². The second-order valence-corrected chi connectivity index (χ2v) is 4.93. The van der Waals surface area contributed by atoms with Gasteiger partial charge in [-0.05, 0) is 31.2 Å². The molecule has 0 aromatic heterocycles. The van der Waals surface area contributed by atoms with Crippen molar-refractivity contribution in [3.05, 3.63) is 64.2 Å². The summed E-state index contributed by atoms with van der Waals surface area (Å²) in [7, 11) is 0. The van der Waals surface area contributed by atoms with Crippen LogP contribution in [0.2, 0.25) is 0 Å². The number of hydrogen-bond acceptors (Lipinski definition) is 6. The molecule has 0 radical (unpaired) electrons. The third kappa shape index (κ3) is 4.07. The van der Waals surface area contributed by atoms with E-state index in [-0.39, 0.29) is 11.3 Å². The minimum Gasteiger partial charge on any atom is -0.449 e. The van der Waals surface area contributed by atoms with Crippen LogP contribution in [0, 0.1) is 10.1 Å². The third-order valence-electron chi connectivity index (χ3n) is 3.16. The first-order valence-corrected chi connectivity index (χ1v) is 6.99. The molecule has 2 aromatic rings. The van der Waals surface area contributed by atoms with Gasteiger partial charge in [-0.2, -0.15) is 0 Å². The Bertz CT molecular complexity index is 777. The van der Waals surface area contributed by atoms with Gasteiger partial charge in [0.05, 0.1) is 10.5 Å². The standard InChI is InChI=1S/C16H15N3O5/c1-10(15(20)18-12-5-3-2-4-6-12)24-16(21)11-7-8-13(17)14(9-11)19(22)23/h2-10H,17H2,1H3,(H,18,20)/t10-/m1/s1. The van der Waals surface area contributed by atoms with Crippen LogP contribution in [0.5, 0.6) is 0 Å². The van der Waals surface area contributed by atoms with E-state index in [0.29, 0.717) is 5.69 Å². The van der Waals surface area contributed by atoms with E-state index in [0.717, 1.165) is 6.07 Å². The Morgan fingerprint density at radius 2 is 1.88 bits per heavy atom. The molecule has 0 saturated heterocycles. The molecule has 0 unspecified atom stereocenters. The van der Waals surface area contributed by atoms with Crippen molar-refractivity contribution < 1.29 is 19.2 Å². The number of ether oxygens (including phenoxy) is 1. The summed E-state index contributed by atoms with van der Waals surface area (Å²) in [5.74, 6) is -1.37. The molecule has 124 valence electrons.